The van der Waals surface area contributed by atoms with E-state index in [-0.39, 0.29) is 5.91 Å². The van der Waals surface area contributed by atoms with E-state index in [0.717, 1.165) is 33.9 Å². The van der Waals surface area contributed by atoms with Gasteiger partial charge in [0.05, 0.1) is 9.88 Å². The van der Waals surface area contributed by atoms with Crippen LogP contribution in [0.15, 0.2) is 48.7 Å². The van der Waals surface area contributed by atoms with Crippen LogP contribution < -0.4 is 0 Å². The van der Waals surface area contributed by atoms with Crippen LogP contribution in [0.4, 0.5) is 0 Å². The second-order valence-electron chi connectivity index (χ2n) is 9.01. The molecule has 0 atom stereocenters. The normalized spacial score (nSPS) is 13.6. The average Bonchev–Trinajstić information content (AvgIpc) is 3.38. The van der Waals surface area contributed by atoms with Crippen molar-refractivity contribution in [2.75, 3.05) is 13.1 Å². The summed E-state index contributed by atoms with van der Waals surface area (Å²) in [6, 6.07) is 14.8. The van der Waals surface area contributed by atoms with Gasteiger partial charge in [-0.25, -0.2) is 4.98 Å². The molecule has 1 N–H and O–H groups in total. The minimum atomic E-state index is 0.0642. The van der Waals surface area contributed by atoms with E-state index in [2.05, 4.69) is 61.4 Å². The number of carbonyl (C=O) groups is 1. The molecule has 1 aliphatic carbocycles. The van der Waals surface area contributed by atoms with Crippen molar-refractivity contribution in [1.82, 2.24) is 14.9 Å². The van der Waals surface area contributed by atoms with Crippen LogP contribution in [0.25, 0.3) is 21.3 Å². The molecule has 2 aromatic heterocycles. The van der Waals surface area contributed by atoms with Gasteiger partial charge in [-0.2, -0.15) is 0 Å². The molecule has 1 fully saturated rings. The fraction of sp³-hybridized carbons (Fsp3) is 0.333. The number of fused-ring (bicyclic) bond motifs is 1. The van der Waals surface area contributed by atoms with Gasteiger partial charge in [0.1, 0.15) is 5.69 Å². The first-order valence-corrected chi connectivity index (χ1v) is 12.2. The van der Waals surface area contributed by atoms with Crippen molar-refractivity contribution < 1.29 is 4.79 Å². The zero-order valence-corrected chi connectivity index (χ0v) is 19.8. The molecule has 0 unspecified atom stereocenters. The highest BCUT2D eigenvalue weighted by atomic mass is 32.1. The molecular formula is C27H29N3OS. The summed E-state index contributed by atoms with van der Waals surface area (Å²) < 4.78 is 0. The van der Waals surface area contributed by atoms with E-state index in [4.69, 9.17) is 4.98 Å². The van der Waals surface area contributed by atoms with Crippen LogP contribution in [0.2, 0.25) is 0 Å². The van der Waals surface area contributed by atoms with Gasteiger partial charge in [0, 0.05) is 30.2 Å². The van der Waals surface area contributed by atoms with Crippen LogP contribution in [0, 0.1) is 26.7 Å². The van der Waals surface area contributed by atoms with E-state index >= 15 is 0 Å². The second-order valence-corrected chi connectivity index (χ2v) is 10.2. The third kappa shape index (κ3) is 4.22. The van der Waals surface area contributed by atoms with Crippen LogP contribution in [0.5, 0.6) is 0 Å². The Morgan fingerprint density at radius 1 is 1.12 bits per heavy atom. The predicted octanol–water partition coefficient (Wildman–Crippen LogP) is 6.31. The molecule has 1 aliphatic rings. The molecule has 164 valence electrons. The number of benzene rings is 2. The SMILES string of the molecule is Cc1nc(C(=O)N(CCc2c[nH]c3ccccc23)CC2CC2)c(-c2ccc(C)c(C)c2)s1. The Kier molecular flexibility index (Phi) is 5.60. The molecule has 2 aromatic carbocycles. The van der Waals surface area contributed by atoms with E-state index in [0.29, 0.717) is 18.2 Å². The molecule has 0 bridgehead atoms. The first-order chi connectivity index (χ1) is 15.5. The zero-order valence-electron chi connectivity index (χ0n) is 18.9. The number of H-pyrrole nitrogens is 1. The maximum Gasteiger partial charge on any atom is 0.274 e. The van der Waals surface area contributed by atoms with Gasteiger partial charge >= 0.3 is 0 Å². The topological polar surface area (TPSA) is 49.0 Å². The lowest BCUT2D eigenvalue weighted by Gasteiger charge is -2.22. The summed E-state index contributed by atoms with van der Waals surface area (Å²) in [7, 11) is 0. The zero-order chi connectivity index (χ0) is 22.2. The summed E-state index contributed by atoms with van der Waals surface area (Å²) in [4.78, 5) is 24.8. The van der Waals surface area contributed by atoms with E-state index < -0.39 is 0 Å². The number of carbonyl (C=O) groups excluding carboxylic acids is 1. The van der Waals surface area contributed by atoms with Crippen molar-refractivity contribution >= 4 is 28.1 Å². The number of aromatic amines is 1. The molecule has 2 heterocycles. The highest BCUT2D eigenvalue weighted by Gasteiger charge is 2.30. The molecule has 4 nitrogen and oxygen atoms in total. The van der Waals surface area contributed by atoms with Crippen molar-refractivity contribution in [3.63, 3.8) is 0 Å². The lowest BCUT2D eigenvalue weighted by molar-refractivity contribution is 0.0745. The van der Waals surface area contributed by atoms with Crippen LogP contribution in [-0.2, 0) is 6.42 Å². The Morgan fingerprint density at radius 3 is 2.72 bits per heavy atom. The number of thiazole rings is 1. The standard InChI is InChI=1S/C27H29N3OS/c1-17-8-11-21(14-18(17)2)26-25(29-19(3)32-26)27(31)30(16-20-9-10-20)13-12-22-15-28-24-7-5-4-6-23(22)24/h4-8,11,14-15,20,28H,9-10,12-13,16H2,1-3H3. The fourth-order valence-corrected chi connectivity index (χ4v) is 5.19. The van der Waals surface area contributed by atoms with Crippen LogP contribution in [-0.4, -0.2) is 33.9 Å². The van der Waals surface area contributed by atoms with Gasteiger partial charge in [-0.15, -0.1) is 11.3 Å². The molecule has 0 saturated heterocycles. The number of rotatable bonds is 7. The molecular weight excluding hydrogens is 414 g/mol. The quantitative estimate of drug-likeness (QED) is 0.364. The molecule has 5 heteroatoms. The van der Waals surface area contributed by atoms with Crippen molar-refractivity contribution in [3.8, 4) is 10.4 Å². The summed E-state index contributed by atoms with van der Waals surface area (Å²) >= 11 is 1.62. The Hall–Kier alpha value is -2.92. The lowest BCUT2D eigenvalue weighted by atomic mass is 10.0. The number of hydrogen-bond donors (Lipinski definition) is 1. The molecule has 32 heavy (non-hydrogen) atoms. The highest BCUT2D eigenvalue weighted by Crippen LogP contribution is 2.34. The van der Waals surface area contributed by atoms with Crippen LogP contribution in [0.3, 0.4) is 0 Å². The molecule has 4 aromatic rings. The van der Waals surface area contributed by atoms with Crippen molar-refractivity contribution in [2.24, 2.45) is 5.92 Å². The minimum absolute atomic E-state index is 0.0642. The molecule has 0 aliphatic heterocycles. The van der Waals surface area contributed by atoms with Crippen LogP contribution >= 0.6 is 11.3 Å². The molecule has 1 saturated carbocycles. The predicted molar refractivity (Wildman–Crippen MR) is 132 cm³/mol. The number of aryl methyl sites for hydroxylation is 3. The maximum absolute atomic E-state index is 13.8. The van der Waals surface area contributed by atoms with Gasteiger partial charge in [0.15, 0.2) is 0 Å². The number of nitrogens with one attached hydrogen (secondary N) is 1. The molecule has 5 rings (SSSR count). The number of aromatic nitrogens is 2. The average molecular weight is 444 g/mol. The number of amides is 1. The Morgan fingerprint density at radius 2 is 1.94 bits per heavy atom. The molecule has 0 spiro atoms. The van der Waals surface area contributed by atoms with Crippen molar-refractivity contribution in [1.29, 1.82) is 0 Å². The molecule has 1 amide bonds. The summed E-state index contributed by atoms with van der Waals surface area (Å²) in [5.74, 6) is 0.695. The van der Waals surface area contributed by atoms with Gasteiger partial charge in [-0.3, -0.25) is 4.79 Å². The first-order valence-electron chi connectivity index (χ1n) is 11.4. The summed E-state index contributed by atoms with van der Waals surface area (Å²) in [5, 5.41) is 2.18. The Balaban J connectivity index is 1.42. The largest absolute Gasteiger partial charge is 0.361 e. The summed E-state index contributed by atoms with van der Waals surface area (Å²) in [6.45, 7) is 7.76. The minimum Gasteiger partial charge on any atom is -0.361 e. The molecule has 0 radical (unpaired) electrons. The highest BCUT2D eigenvalue weighted by molar-refractivity contribution is 7.15. The Bertz CT molecular complexity index is 1280. The summed E-state index contributed by atoms with van der Waals surface area (Å²) in [6.07, 6.45) is 5.36. The van der Waals surface area contributed by atoms with E-state index in [1.165, 1.54) is 34.9 Å². The van der Waals surface area contributed by atoms with Gasteiger partial charge < -0.3 is 9.88 Å². The van der Waals surface area contributed by atoms with Gasteiger partial charge in [0.2, 0.25) is 0 Å². The van der Waals surface area contributed by atoms with Crippen molar-refractivity contribution in [2.45, 2.75) is 40.0 Å². The first kappa shape index (κ1) is 21.0. The third-order valence-corrected chi connectivity index (χ3v) is 7.51. The van der Waals surface area contributed by atoms with Crippen molar-refractivity contribution in [3.05, 3.63) is 76.1 Å². The summed E-state index contributed by atoms with van der Waals surface area (Å²) in [5.41, 5.74) is 6.60. The monoisotopic (exact) mass is 443 g/mol. The number of hydrogen-bond acceptors (Lipinski definition) is 3. The van der Waals surface area contributed by atoms with Gasteiger partial charge in [-0.1, -0.05) is 36.4 Å². The number of para-hydroxylation sites is 1. The van der Waals surface area contributed by atoms with E-state index in [1.807, 2.05) is 17.9 Å². The van der Waals surface area contributed by atoms with Gasteiger partial charge in [0.25, 0.3) is 5.91 Å². The number of nitrogens with zero attached hydrogens (tertiary/aromatic N) is 2. The lowest BCUT2D eigenvalue weighted by Crippen LogP contribution is -2.35. The fourth-order valence-electron chi connectivity index (χ4n) is 4.28. The van der Waals surface area contributed by atoms with E-state index in [1.54, 1.807) is 11.3 Å². The maximum atomic E-state index is 13.8. The smallest absolute Gasteiger partial charge is 0.274 e. The Labute approximate surface area is 193 Å². The van der Waals surface area contributed by atoms with Crippen LogP contribution in [0.1, 0.15) is 45.0 Å². The second kappa shape index (κ2) is 8.55. The third-order valence-electron chi connectivity index (χ3n) is 6.49. The van der Waals surface area contributed by atoms with Gasteiger partial charge in [-0.05, 0) is 74.3 Å². The van der Waals surface area contributed by atoms with E-state index in [9.17, 15) is 4.79 Å².